The summed E-state index contributed by atoms with van der Waals surface area (Å²) < 4.78 is 5.08. The topological polar surface area (TPSA) is 58.6 Å². The predicted octanol–water partition coefficient (Wildman–Crippen LogP) is 0.856. The SMILES string of the molecule is COCC(C)(CCO)NC(=O)C1CC=CC1. The molecule has 16 heavy (non-hydrogen) atoms. The molecule has 0 aromatic rings. The summed E-state index contributed by atoms with van der Waals surface area (Å²) in [6.07, 6.45) is 6.20. The third-order valence-corrected chi connectivity index (χ3v) is 2.93. The highest BCUT2D eigenvalue weighted by Gasteiger charge is 2.29. The zero-order chi connectivity index (χ0) is 12.0. The van der Waals surface area contributed by atoms with Crippen LogP contribution in [0.25, 0.3) is 0 Å². The van der Waals surface area contributed by atoms with E-state index in [1.54, 1.807) is 7.11 Å². The van der Waals surface area contributed by atoms with Gasteiger partial charge in [-0.05, 0) is 26.2 Å². The van der Waals surface area contributed by atoms with Gasteiger partial charge in [-0.1, -0.05) is 12.2 Å². The van der Waals surface area contributed by atoms with Crippen molar-refractivity contribution in [3.63, 3.8) is 0 Å². The molecule has 1 atom stereocenters. The van der Waals surface area contributed by atoms with Gasteiger partial charge in [0.2, 0.25) is 5.91 Å². The lowest BCUT2D eigenvalue weighted by Gasteiger charge is -2.30. The Balaban J connectivity index is 2.49. The Kier molecular flexibility index (Phi) is 4.96. The van der Waals surface area contributed by atoms with Gasteiger partial charge in [0.1, 0.15) is 0 Å². The van der Waals surface area contributed by atoms with Crippen LogP contribution in [0.15, 0.2) is 12.2 Å². The zero-order valence-electron chi connectivity index (χ0n) is 10.0. The Morgan fingerprint density at radius 1 is 1.56 bits per heavy atom. The van der Waals surface area contributed by atoms with Gasteiger partial charge in [0.05, 0.1) is 12.1 Å². The van der Waals surface area contributed by atoms with E-state index in [9.17, 15) is 4.79 Å². The lowest BCUT2D eigenvalue weighted by atomic mass is 9.97. The van der Waals surface area contributed by atoms with Crippen molar-refractivity contribution < 1.29 is 14.6 Å². The van der Waals surface area contributed by atoms with Crippen LogP contribution in [0.3, 0.4) is 0 Å². The molecule has 0 saturated heterocycles. The summed E-state index contributed by atoms with van der Waals surface area (Å²) >= 11 is 0. The molecule has 92 valence electrons. The van der Waals surface area contributed by atoms with Crippen molar-refractivity contribution >= 4 is 5.91 Å². The van der Waals surface area contributed by atoms with Gasteiger partial charge in [0.15, 0.2) is 0 Å². The Labute approximate surface area is 96.7 Å². The summed E-state index contributed by atoms with van der Waals surface area (Å²) in [7, 11) is 1.60. The monoisotopic (exact) mass is 227 g/mol. The molecule has 0 heterocycles. The number of ether oxygens (including phenoxy) is 1. The zero-order valence-corrected chi connectivity index (χ0v) is 10.0. The molecule has 0 aromatic carbocycles. The summed E-state index contributed by atoms with van der Waals surface area (Å²) in [5.74, 6) is 0.105. The maximum atomic E-state index is 11.9. The number of allylic oxidation sites excluding steroid dienone is 2. The van der Waals surface area contributed by atoms with Gasteiger partial charge in [-0.2, -0.15) is 0 Å². The molecular weight excluding hydrogens is 206 g/mol. The molecule has 0 spiro atoms. The quantitative estimate of drug-likeness (QED) is 0.662. The molecule has 2 N–H and O–H groups in total. The van der Waals surface area contributed by atoms with Crippen LogP contribution >= 0.6 is 0 Å². The first-order chi connectivity index (χ1) is 7.61. The Bertz CT molecular complexity index is 249. The van der Waals surface area contributed by atoms with E-state index in [-0.39, 0.29) is 18.4 Å². The van der Waals surface area contributed by atoms with E-state index in [0.717, 1.165) is 12.8 Å². The Morgan fingerprint density at radius 2 is 2.19 bits per heavy atom. The van der Waals surface area contributed by atoms with E-state index in [0.29, 0.717) is 13.0 Å². The van der Waals surface area contributed by atoms with E-state index < -0.39 is 5.54 Å². The third kappa shape index (κ3) is 3.61. The molecule has 0 aliphatic heterocycles. The second kappa shape index (κ2) is 6.01. The van der Waals surface area contributed by atoms with E-state index >= 15 is 0 Å². The highest BCUT2D eigenvalue weighted by molar-refractivity contribution is 5.80. The van der Waals surface area contributed by atoms with Gasteiger partial charge in [0.25, 0.3) is 0 Å². The first-order valence-electron chi connectivity index (χ1n) is 5.68. The summed E-state index contributed by atoms with van der Waals surface area (Å²) in [6, 6.07) is 0. The van der Waals surface area contributed by atoms with Gasteiger partial charge >= 0.3 is 0 Å². The number of aliphatic hydroxyl groups excluding tert-OH is 1. The van der Waals surface area contributed by atoms with Gasteiger partial charge in [-0.15, -0.1) is 0 Å². The normalized spacial score (nSPS) is 19.7. The molecule has 0 saturated carbocycles. The van der Waals surface area contributed by atoms with E-state index in [1.807, 2.05) is 19.1 Å². The maximum Gasteiger partial charge on any atom is 0.224 e. The fraction of sp³-hybridized carbons (Fsp3) is 0.750. The third-order valence-electron chi connectivity index (χ3n) is 2.93. The standard InChI is InChI=1S/C12H21NO3/c1-12(7-8-14,9-16-2)13-11(15)10-5-3-4-6-10/h3-4,10,14H,5-9H2,1-2H3,(H,13,15). The number of amides is 1. The smallest absolute Gasteiger partial charge is 0.224 e. The van der Waals surface area contributed by atoms with Crippen molar-refractivity contribution in [2.75, 3.05) is 20.3 Å². The summed E-state index contributed by atoms with van der Waals surface area (Å²) in [6.45, 7) is 2.36. The molecule has 0 bridgehead atoms. The largest absolute Gasteiger partial charge is 0.396 e. The van der Waals surface area contributed by atoms with Crippen LogP contribution in [0.5, 0.6) is 0 Å². The van der Waals surface area contributed by atoms with E-state index in [1.165, 1.54) is 0 Å². The molecule has 4 nitrogen and oxygen atoms in total. The van der Waals surface area contributed by atoms with Crippen molar-refractivity contribution in [2.45, 2.75) is 31.7 Å². The summed E-state index contributed by atoms with van der Waals surface area (Å²) in [5, 5.41) is 12.0. The molecular formula is C12H21NO3. The van der Waals surface area contributed by atoms with E-state index in [4.69, 9.17) is 9.84 Å². The van der Waals surface area contributed by atoms with Crippen LogP contribution in [0, 0.1) is 5.92 Å². The van der Waals surface area contributed by atoms with Gasteiger partial charge in [-0.3, -0.25) is 4.79 Å². The van der Waals surface area contributed by atoms with Gasteiger partial charge in [-0.25, -0.2) is 0 Å². The molecule has 1 amide bonds. The van der Waals surface area contributed by atoms with Crippen molar-refractivity contribution in [2.24, 2.45) is 5.92 Å². The van der Waals surface area contributed by atoms with Crippen molar-refractivity contribution in [3.05, 3.63) is 12.2 Å². The number of hydrogen-bond donors (Lipinski definition) is 2. The first kappa shape index (κ1) is 13.2. The fourth-order valence-corrected chi connectivity index (χ4v) is 1.97. The van der Waals surface area contributed by atoms with Crippen molar-refractivity contribution in [3.8, 4) is 0 Å². The Hall–Kier alpha value is -0.870. The lowest BCUT2D eigenvalue weighted by Crippen LogP contribution is -2.51. The molecule has 1 rings (SSSR count). The minimum atomic E-state index is -0.469. The Morgan fingerprint density at radius 3 is 2.69 bits per heavy atom. The highest BCUT2D eigenvalue weighted by atomic mass is 16.5. The molecule has 0 aromatic heterocycles. The van der Waals surface area contributed by atoms with Gasteiger partial charge in [0, 0.05) is 19.6 Å². The molecule has 1 aliphatic rings. The van der Waals surface area contributed by atoms with Crippen LogP contribution < -0.4 is 5.32 Å². The van der Waals surface area contributed by atoms with Crippen LogP contribution in [0.4, 0.5) is 0 Å². The number of methoxy groups -OCH3 is 1. The first-order valence-corrected chi connectivity index (χ1v) is 5.68. The minimum absolute atomic E-state index is 0.0447. The molecule has 4 heteroatoms. The van der Waals surface area contributed by atoms with Crippen LogP contribution in [-0.2, 0) is 9.53 Å². The molecule has 0 fully saturated rings. The number of aliphatic hydroxyl groups is 1. The minimum Gasteiger partial charge on any atom is -0.396 e. The van der Waals surface area contributed by atoms with Crippen molar-refractivity contribution in [1.82, 2.24) is 5.32 Å². The maximum absolute atomic E-state index is 11.9. The lowest BCUT2D eigenvalue weighted by molar-refractivity contribution is -0.127. The summed E-state index contributed by atoms with van der Waals surface area (Å²) in [5.41, 5.74) is -0.469. The van der Waals surface area contributed by atoms with Gasteiger partial charge < -0.3 is 15.2 Å². The highest BCUT2D eigenvalue weighted by Crippen LogP contribution is 2.20. The number of nitrogens with one attached hydrogen (secondary N) is 1. The molecule has 0 radical (unpaired) electrons. The van der Waals surface area contributed by atoms with Crippen LogP contribution in [0.1, 0.15) is 26.2 Å². The second-order valence-electron chi connectivity index (χ2n) is 4.60. The summed E-state index contributed by atoms with van der Waals surface area (Å²) in [4.78, 5) is 11.9. The molecule has 1 aliphatic carbocycles. The number of carbonyl (C=O) groups excluding carboxylic acids is 1. The molecule has 1 unspecified atom stereocenters. The van der Waals surface area contributed by atoms with Crippen molar-refractivity contribution in [1.29, 1.82) is 0 Å². The number of rotatable bonds is 6. The second-order valence-corrected chi connectivity index (χ2v) is 4.60. The average molecular weight is 227 g/mol. The predicted molar refractivity (Wildman–Crippen MR) is 62.0 cm³/mol. The average Bonchev–Trinajstić information content (AvgIpc) is 2.70. The van der Waals surface area contributed by atoms with E-state index in [2.05, 4.69) is 5.32 Å². The fourth-order valence-electron chi connectivity index (χ4n) is 1.97. The van der Waals surface area contributed by atoms with Crippen LogP contribution in [-0.4, -0.2) is 36.9 Å². The number of hydrogen-bond acceptors (Lipinski definition) is 3. The van der Waals surface area contributed by atoms with Crippen LogP contribution in [0.2, 0.25) is 0 Å². The number of carbonyl (C=O) groups is 1.